The van der Waals surface area contributed by atoms with E-state index in [-0.39, 0.29) is 77.1 Å². The summed E-state index contributed by atoms with van der Waals surface area (Å²) >= 11 is 1.45. The number of Topliss-reactive ketones (excluding diaryl/α,β-unsaturated/α-hetero) is 1. The fraction of sp³-hybridized carbons (Fsp3) is 0.720. The Morgan fingerprint density at radius 1 is 1.35 bits per heavy atom. The summed E-state index contributed by atoms with van der Waals surface area (Å²) in [6.45, 7) is 6.02. The van der Waals surface area contributed by atoms with Crippen molar-refractivity contribution in [3.63, 3.8) is 0 Å². The van der Waals surface area contributed by atoms with E-state index < -0.39 is 11.9 Å². The number of nitrogens with two attached hydrogens (primary N) is 1. The van der Waals surface area contributed by atoms with Crippen LogP contribution in [0.4, 0.5) is 0 Å². The van der Waals surface area contributed by atoms with Crippen LogP contribution in [0, 0.1) is 17.8 Å². The minimum Gasteiger partial charge on any atom is -0.477 e. The number of thioether (sulfide) groups is 1. The van der Waals surface area contributed by atoms with Gasteiger partial charge in [0.05, 0.1) is 37.7 Å². The van der Waals surface area contributed by atoms with Crippen molar-refractivity contribution in [3.05, 3.63) is 16.9 Å². The number of carbonyl (C=O) groups excluding carboxylic acids is 3. The SMILES string of the molecule is C[C@@H](CC(=O)Cn1cnnn1)[C@H]1C(=O)N2C(C(=O)O)=C(S[C@@H]3CN[C@H](C(=O)N4CC5(CC(N)CO5)C4)C3)[C@H](C)[C@H]12. The van der Waals surface area contributed by atoms with Gasteiger partial charge in [-0.25, -0.2) is 9.48 Å². The van der Waals surface area contributed by atoms with E-state index in [9.17, 15) is 24.3 Å². The van der Waals surface area contributed by atoms with Gasteiger partial charge in [0, 0.05) is 35.1 Å². The molecule has 0 aliphatic carbocycles. The normalized spacial score (nSPS) is 33.2. The first kappa shape index (κ1) is 27.3. The number of β-lactam (4-membered cyclic amide) rings is 1. The fourth-order valence-corrected chi connectivity index (χ4v) is 8.52. The lowest BCUT2D eigenvalue weighted by Gasteiger charge is -2.47. The molecule has 216 valence electrons. The molecule has 5 aliphatic rings. The smallest absolute Gasteiger partial charge is 0.353 e. The zero-order valence-corrected chi connectivity index (χ0v) is 23.2. The highest BCUT2D eigenvalue weighted by Crippen LogP contribution is 2.53. The van der Waals surface area contributed by atoms with Crippen molar-refractivity contribution in [1.29, 1.82) is 0 Å². The number of carbonyl (C=O) groups is 4. The van der Waals surface area contributed by atoms with Gasteiger partial charge in [-0.05, 0) is 29.2 Å². The summed E-state index contributed by atoms with van der Waals surface area (Å²) in [6.07, 6.45) is 2.87. The zero-order valence-electron chi connectivity index (χ0n) is 22.4. The lowest BCUT2D eigenvalue weighted by molar-refractivity contribution is -0.160. The van der Waals surface area contributed by atoms with E-state index in [2.05, 4.69) is 20.8 Å². The average molecular weight is 575 g/mol. The maximum absolute atomic E-state index is 13.2. The molecule has 1 aromatic heterocycles. The molecule has 15 heteroatoms. The van der Waals surface area contributed by atoms with Crippen LogP contribution in [0.15, 0.2) is 16.9 Å². The van der Waals surface area contributed by atoms with Crippen molar-refractivity contribution in [1.82, 2.24) is 35.3 Å². The Balaban J connectivity index is 1.07. The molecule has 4 N–H and O–H groups in total. The minimum atomic E-state index is -1.13. The number of hydrogen-bond donors (Lipinski definition) is 3. The van der Waals surface area contributed by atoms with Crippen LogP contribution < -0.4 is 11.1 Å². The van der Waals surface area contributed by atoms with E-state index in [1.807, 2.05) is 13.8 Å². The molecule has 4 saturated heterocycles. The monoisotopic (exact) mass is 574 g/mol. The van der Waals surface area contributed by atoms with Gasteiger partial charge >= 0.3 is 5.97 Å². The molecule has 4 fully saturated rings. The van der Waals surface area contributed by atoms with Crippen LogP contribution in [0.3, 0.4) is 0 Å². The zero-order chi connectivity index (χ0) is 28.3. The van der Waals surface area contributed by atoms with Crippen LogP contribution in [0.2, 0.25) is 0 Å². The number of ether oxygens (including phenoxy) is 1. The Hall–Kier alpha value is -2.88. The molecule has 0 radical (unpaired) electrons. The summed E-state index contributed by atoms with van der Waals surface area (Å²) in [7, 11) is 0. The van der Waals surface area contributed by atoms with Gasteiger partial charge < -0.3 is 30.7 Å². The molecule has 0 bridgehead atoms. The van der Waals surface area contributed by atoms with E-state index in [1.165, 1.54) is 27.7 Å². The number of likely N-dealkylation sites (tertiary alicyclic amines) is 1. The maximum atomic E-state index is 13.2. The highest BCUT2D eigenvalue weighted by atomic mass is 32.2. The molecule has 2 amide bonds. The number of ketones is 1. The summed E-state index contributed by atoms with van der Waals surface area (Å²) in [4.78, 5) is 55.0. The van der Waals surface area contributed by atoms with E-state index in [1.54, 1.807) is 4.90 Å². The Bertz CT molecular complexity index is 1250. The molecule has 7 atom stereocenters. The van der Waals surface area contributed by atoms with Gasteiger partial charge in [-0.2, -0.15) is 0 Å². The summed E-state index contributed by atoms with van der Waals surface area (Å²) in [5.41, 5.74) is 5.71. The number of nitrogens with zero attached hydrogens (tertiary/aromatic N) is 6. The number of fused-ring (bicyclic) bond motifs is 1. The number of amides is 2. The van der Waals surface area contributed by atoms with Gasteiger partial charge in [-0.1, -0.05) is 13.8 Å². The van der Waals surface area contributed by atoms with Crippen LogP contribution in [-0.2, 0) is 30.5 Å². The first-order valence-corrected chi connectivity index (χ1v) is 14.6. The van der Waals surface area contributed by atoms with Crippen molar-refractivity contribution >= 4 is 35.3 Å². The fourth-order valence-electron chi connectivity index (χ4n) is 7.04. The van der Waals surface area contributed by atoms with Gasteiger partial charge in [0.2, 0.25) is 11.8 Å². The van der Waals surface area contributed by atoms with Crippen molar-refractivity contribution < 1.29 is 29.0 Å². The molecule has 1 spiro atoms. The maximum Gasteiger partial charge on any atom is 0.353 e. The lowest BCUT2D eigenvalue weighted by atomic mass is 9.73. The second-order valence-electron chi connectivity index (χ2n) is 11.8. The Morgan fingerprint density at radius 2 is 2.12 bits per heavy atom. The molecule has 1 unspecified atom stereocenters. The standard InChI is InChI=1S/C25H34N8O6S/c1-12(3-15(34)7-32-11-28-29-30-32)18-19-13(2)21(20(24(37)38)33(19)23(18)36)40-16-4-17(27-6-16)22(35)31-9-25(10-31)5-14(26)8-39-25/h11-14,16-19,27H,3-10,26H2,1-2H3,(H,37,38)/t12-,13+,14?,16-,17-,18+,19+/m0/s1. The molecular formula is C25H34N8O6S. The topological polar surface area (TPSA) is 186 Å². The van der Waals surface area contributed by atoms with Gasteiger partial charge in [-0.3, -0.25) is 14.4 Å². The third kappa shape index (κ3) is 4.62. The van der Waals surface area contributed by atoms with Crippen LogP contribution in [0.5, 0.6) is 0 Å². The minimum absolute atomic E-state index is 0.00492. The van der Waals surface area contributed by atoms with Crippen molar-refractivity contribution in [3.8, 4) is 0 Å². The van der Waals surface area contributed by atoms with Crippen LogP contribution in [-0.4, -0.2) is 114 Å². The number of carboxylic acid groups (broad SMARTS) is 1. The lowest BCUT2D eigenvalue weighted by Crippen LogP contribution is -2.65. The molecule has 14 nitrogen and oxygen atoms in total. The number of aliphatic carboxylic acids is 1. The van der Waals surface area contributed by atoms with Gasteiger partial charge in [0.25, 0.3) is 0 Å². The molecule has 1 aromatic rings. The van der Waals surface area contributed by atoms with E-state index in [0.717, 1.165) is 6.42 Å². The van der Waals surface area contributed by atoms with Crippen LogP contribution in [0.25, 0.3) is 0 Å². The van der Waals surface area contributed by atoms with Gasteiger partial charge in [0.1, 0.15) is 24.2 Å². The van der Waals surface area contributed by atoms with Crippen molar-refractivity contribution in [2.24, 2.45) is 23.5 Å². The number of nitrogens with one attached hydrogen (secondary N) is 1. The third-order valence-electron chi connectivity index (χ3n) is 8.87. The average Bonchev–Trinajstić information content (AvgIpc) is 3.66. The van der Waals surface area contributed by atoms with Gasteiger partial charge in [0.15, 0.2) is 5.78 Å². The number of aromatic nitrogens is 4. The molecular weight excluding hydrogens is 540 g/mol. The largest absolute Gasteiger partial charge is 0.477 e. The molecule has 6 rings (SSSR count). The Morgan fingerprint density at radius 3 is 2.77 bits per heavy atom. The number of tetrazole rings is 1. The van der Waals surface area contributed by atoms with E-state index in [4.69, 9.17) is 10.5 Å². The summed E-state index contributed by atoms with van der Waals surface area (Å²) in [6, 6.07) is -0.627. The van der Waals surface area contributed by atoms with Crippen LogP contribution in [0.1, 0.15) is 33.1 Å². The summed E-state index contributed by atoms with van der Waals surface area (Å²) < 4.78 is 7.17. The molecule has 0 saturated carbocycles. The molecule has 6 heterocycles. The highest BCUT2D eigenvalue weighted by Gasteiger charge is 2.60. The van der Waals surface area contributed by atoms with E-state index >= 15 is 0 Å². The Kier molecular flexibility index (Phi) is 6.95. The second kappa shape index (κ2) is 10.2. The third-order valence-corrected chi connectivity index (χ3v) is 10.4. The van der Waals surface area contributed by atoms with E-state index in [0.29, 0.717) is 37.6 Å². The quantitative estimate of drug-likeness (QED) is 0.301. The predicted octanol–water partition coefficient (Wildman–Crippen LogP) is -1.17. The molecule has 0 aromatic carbocycles. The van der Waals surface area contributed by atoms with Crippen LogP contribution >= 0.6 is 11.8 Å². The Labute approximate surface area is 235 Å². The number of carboxylic acids is 1. The highest BCUT2D eigenvalue weighted by molar-refractivity contribution is 8.03. The van der Waals surface area contributed by atoms with Crippen molar-refractivity contribution in [2.45, 2.75) is 68.6 Å². The summed E-state index contributed by atoms with van der Waals surface area (Å²) in [5.74, 6) is -2.35. The van der Waals surface area contributed by atoms with Crippen molar-refractivity contribution in [2.75, 3.05) is 26.2 Å². The molecule has 5 aliphatic heterocycles. The first-order chi connectivity index (χ1) is 19.1. The number of hydrogen-bond acceptors (Lipinski definition) is 11. The van der Waals surface area contributed by atoms with Gasteiger partial charge in [-0.15, -0.1) is 16.9 Å². The predicted molar refractivity (Wildman–Crippen MR) is 140 cm³/mol. The second-order valence-corrected chi connectivity index (χ2v) is 13.2. The first-order valence-electron chi connectivity index (χ1n) is 13.7. The summed E-state index contributed by atoms with van der Waals surface area (Å²) in [5, 5.41) is 24.1. The number of rotatable bonds is 9. The molecule has 40 heavy (non-hydrogen) atoms.